The van der Waals surface area contributed by atoms with E-state index in [0.29, 0.717) is 0 Å². The number of rotatable bonds is 3. The molecule has 0 spiro atoms. The second-order valence-electron chi connectivity index (χ2n) is 3.50. The van der Waals surface area contributed by atoms with E-state index < -0.39 is 0 Å². The van der Waals surface area contributed by atoms with Crippen LogP contribution in [0.15, 0.2) is 37.4 Å². The lowest BCUT2D eigenvalue weighted by Gasteiger charge is -2.01. The van der Waals surface area contributed by atoms with Gasteiger partial charge in [-0.3, -0.25) is 0 Å². The number of benzene rings is 1. The van der Waals surface area contributed by atoms with Gasteiger partial charge in [0.1, 0.15) is 0 Å². The highest BCUT2D eigenvalue weighted by atomic mass is 14.0. The second-order valence-corrected chi connectivity index (χ2v) is 3.50. The van der Waals surface area contributed by atoms with Gasteiger partial charge in [-0.25, -0.2) is 0 Å². The molecule has 1 aromatic carbocycles. The molecule has 0 aliphatic rings. The summed E-state index contributed by atoms with van der Waals surface area (Å²) in [6.07, 6.45) is 12.0. The minimum atomic E-state index is 1.12. The third-order valence-electron chi connectivity index (χ3n) is 2.51. The molecular weight excluding hydrogens is 192 g/mol. The molecule has 0 saturated heterocycles. The van der Waals surface area contributed by atoms with Crippen molar-refractivity contribution >= 4 is 24.3 Å². The first-order valence-electron chi connectivity index (χ1n) is 5.45. The van der Waals surface area contributed by atoms with E-state index in [2.05, 4.69) is 37.4 Å². The monoisotopic (exact) mass is 210 g/mol. The van der Waals surface area contributed by atoms with E-state index in [1.807, 2.05) is 38.2 Å². The Labute approximate surface area is 97.6 Å². The predicted molar refractivity (Wildman–Crippen MR) is 75.3 cm³/mol. The van der Waals surface area contributed by atoms with Gasteiger partial charge in [-0.15, -0.1) is 0 Å². The minimum absolute atomic E-state index is 1.12. The van der Waals surface area contributed by atoms with E-state index >= 15 is 0 Å². The van der Waals surface area contributed by atoms with Gasteiger partial charge in [-0.2, -0.15) is 0 Å². The molecule has 82 valence electrons. The van der Waals surface area contributed by atoms with Crippen molar-refractivity contribution in [1.82, 2.24) is 0 Å². The SMILES string of the molecule is C=Cc1cc(=C/C)/c(=C\C=C/C)cc1C=C. The maximum absolute atomic E-state index is 3.83. The minimum Gasteiger partial charge on any atom is -0.0984 e. The van der Waals surface area contributed by atoms with Gasteiger partial charge in [0.25, 0.3) is 0 Å². The van der Waals surface area contributed by atoms with Crippen LogP contribution in [0.25, 0.3) is 24.3 Å². The average molecular weight is 210 g/mol. The van der Waals surface area contributed by atoms with Crippen molar-refractivity contribution in [1.29, 1.82) is 0 Å². The lowest BCUT2D eigenvalue weighted by molar-refractivity contribution is 1.47. The van der Waals surface area contributed by atoms with Crippen LogP contribution >= 0.6 is 0 Å². The summed E-state index contributed by atoms with van der Waals surface area (Å²) in [6, 6.07) is 4.28. The van der Waals surface area contributed by atoms with Gasteiger partial charge in [-0.1, -0.05) is 49.6 Å². The Balaban J connectivity index is 3.63. The Kier molecular flexibility index (Phi) is 4.53. The summed E-state index contributed by atoms with van der Waals surface area (Å²) >= 11 is 0. The first-order valence-corrected chi connectivity index (χ1v) is 5.45. The van der Waals surface area contributed by atoms with Gasteiger partial charge in [-0.05, 0) is 47.5 Å². The van der Waals surface area contributed by atoms with Crippen LogP contribution < -0.4 is 10.4 Å². The predicted octanol–water partition coefficient (Wildman–Crippen LogP) is 3.13. The van der Waals surface area contributed by atoms with Gasteiger partial charge in [0, 0.05) is 0 Å². The topological polar surface area (TPSA) is 0 Å². The van der Waals surface area contributed by atoms with Crippen molar-refractivity contribution < 1.29 is 0 Å². The van der Waals surface area contributed by atoms with Gasteiger partial charge < -0.3 is 0 Å². The van der Waals surface area contributed by atoms with Crippen molar-refractivity contribution in [2.45, 2.75) is 13.8 Å². The van der Waals surface area contributed by atoms with Crippen LogP contribution in [0, 0.1) is 0 Å². The molecule has 0 aliphatic heterocycles. The summed E-state index contributed by atoms with van der Waals surface area (Å²) < 4.78 is 0. The summed E-state index contributed by atoms with van der Waals surface area (Å²) in [4.78, 5) is 0. The largest absolute Gasteiger partial charge is 0.0984 e. The third-order valence-corrected chi connectivity index (χ3v) is 2.51. The van der Waals surface area contributed by atoms with Crippen molar-refractivity contribution in [3.63, 3.8) is 0 Å². The molecule has 16 heavy (non-hydrogen) atoms. The molecule has 0 heterocycles. The first-order chi connectivity index (χ1) is 7.76. The zero-order valence-corrected chi connectivity index (χ0v) is 10.0. The summed E-state index contributed by atoms with van der Waals surface area (Å²) in [7, 11) is 0. The Morgan fingerprint density at radius 1 is 0.938 bits per heavy atom. The average Bonchev–Trinajstić information content (AvgIpc) is 2.35. The Hall–Kier alpha value is -1.82. The van der Waals surface area contributed by atoms with E-state index in [4.69, 9.17) is 0 Å². The molecule has 0 heteroatoms. The maximum Gasteiger partial charge on any atom is -0.0181 e. The van der Waals surface area contributed by atoms with E-state index in [1.54, 1.807) is 0 Å². The molecule has 1 aromatic rings. The fourth-order valence-corrected chi connectivity index (χ4v) is 1.62. The highest BCUT2D eigenvalue weighted by Crippen LogP contribution is 2.06. The molecule has 0 radical (unpaired) electrons. The maximum atomic E-state index is 3.83. The summed E-state index contributed by atoms with van der Waals surface area (Å²) in [5.74, 6) is 0. The Bertz CT molecular complexity index is 528. The van der Waals surface area contributed by atoms with Crippen molar-refractivity contribution in [2.75, 3.05) is 0 Å². The molecule has 0 nitrogen and oxygen atoms in total. The summed E-state index contributed by atoms with van der Waals surface area (Å²) in [5.41, 5.74) is 2.25. The van der Waals surface area contributed by atoms with Crippen LogP contribution in [0.4, 0.5) is 0 Å². The van der Waals surface area contributed by atoms with E-state index in [1.165, 1.54) is 10.4 Å². The number of allylic oxidation sites excluding steroid dienone is 2. The molecule has 0 atom stereocenters. The molecule has 0 fully saturated rings. The molecule has 0 aromatic heterocycles. The normalized spacial score (nSPS) is 13.4. The van der Waals surface area contributed by atoms with Crippen LogP contribution in [-0.4, -0.2) is 0 Å². The molecule has 1 rings (SSSR count). The van der Waals surface area contributed by atoms with Crippen LogP contribution in [0.2, 0.25) is 0 Å². The third kappa shape index (κ3) is 2.60. The van der Waals surface area contributed by atoms with Crippen LogP contribution in [0.3, 0.4) is 0 Å². The van der Waals surface area contributed by atoms with Crippen molar-refractivity contribution in [3.8, 4) is 0 Å². The molecular formula is C16H18. The molecule has 0 unspecified atom stereocenters. The molecule has 0 N–H and O–H groups in total. The second kappa shape index (κ2) is 5.92. The first kappa shape index (κ1) is 12.3. The highest BCUT2D eigenvalue weighted by Gasteiger charge is 1.95. The van der Waals surface area contributed by atoms with Crippen LogP contribution in [-0.2, 0) is 0 Å². The fourth-order valence-electron chi connectivity index (χ4n) is 1.62. The van der Waals surface area contributed by atoms with Crippen molar-refractivity contribution in [3.05, 3.63) is 59.0 Å². The molecule has 0 aliphatic carbocycles. The Morgan fingerprint density at radius 2 is 1.50 bits per heavy atom. The van der Waals surface area contributed by atoms with Gasteiger partial charge in [0.15, 0.2) is 0 Å². The number of hydrogen-bond acceptors (Lipinski definition) is 0. The summed E-state index contributed by atoms with van der Waals surface area (Å²) in [6.45, 7) is 11.7. The zero-order chi connectivity index (χ0) is 12.0. The summed E-state index contributed by atoms with van der Waals surface area (Å²) in [5, 5.41) is 2.43. The smallest absolute Gasteiger partial charge is 0.0181 e. The highest BCUT2D eigenvalue weighted by molar-refractivity contribution is 5.64. The molecule has 0 saturated carbocycles. The lowest BCUT2D eigenvalue weighted by Crippen LogP contribution is -2.24. The number of hydrogen-bond donors (Lipinski definition) is 0. The van der Waals surface area contributed by atoms with Gasteiger partial charge in [0.05, 0.1) is 0 Å². The van der Waals surface area contributed by atoms with Gasteiger partial charge >= 0.3 is 0 Å². The van der Waals surface area contributed by atoms with Crippen LogP contribution in [0.5, 0.6) is 0 Å². The Morgan fingerprint density at radius 3 is 1.94 bits per heavy atom. The van der Waals surface area contributed by atoms with E-state index in [9.17, 15) is 0 Å². The van der Waals surface area contributed by atoms with Gasteiger partial charge in [0.2, 0.25) is 0 Å². The zero-order valence-electron chi connectivity index (χ0n) is 10.0. The van der Waals surface area contributed by atoms with E-state index in [0.717, 1.165) is 11.1 Å². The standard InChI is InChI=1S/C16H18/c1-5-9-10-16-12-14(7-3)13(6-2)11-15(16)8-4/h5-12H,2-3H2,1,4H3/b9-5-,15-8-,16-10-. The molecule has 0 amide bonds. The lowest BCUT2D eigenvalue weighted by atomic mass is 10.0. The quantitative estimate of drug-likeness (QED) is 0.719. The fraction of sp³-hybridized carbons (Fsp3) is 0.125. The van der Waals surface area contributed by atoms with Crippen LogP contribution in [0.1, 0.15) is 25.0 Å². The molecule has 0 bridgehead atoms. The van der Waals surface area contributed by atoms with E-state index in [-0.39, 0.29) is 0 Å². The van der Waals surface area contributed by atoms with Crippen molar-refractivity contribution in [2.24, 2.45) is 0 Å².